The van der Waals surface area contributed by atoms with Crippen LogP contribution in [0.15, 0.2) is 36.4 Å². The Kier molecular flexibility index (Phi) is 4.08. The van der Waals surface area contributed by atoms with E-state index in [4.69, 9.17) is 16.2 Å². The number of ether oxygens (including phenoxy) is 1. The number of para-hydroxylation sites is 1. The number of aromatic hydroxyl groups is 1. The van der Waals surface area contributed by atoms with Crippen molar-refractivity contribution in [2.24, 2.45) is 5.73 Å². The molecule has 0 atom stereocenters. The number of benzene rings is 2. The number of phenolic OH excluding ortho intramolecular Hbond substituents is 1. The van der Waals surface area contributed by atoms with E-state index in [-0.39, 0.29) is 39.4 Å². The molecule has 0 saturated heterocycles. The number of nitrogen functional groups attached to an aromatic ring is 1. The molecule has 0 saturated carbocycles. The average molecular weight is 391 g/mol. The van der Waals surface area contributed by atoms with E-state index in [1.165, 1.54) is 17.7 Å². The molecule has 0 spiro atoms. The minimum absolute atomic E-state index is 0.0168. The molecule has 2 heterocycles. The third-order valence-corrected chi connectivity index (χ3v) is 4.71. The van der Waals surface area contributed by atoms with Crippen LogP contribution in [-0.2, 0) is 4.74 Å². The van der Waals surface area contributed by atoms with E-state index >= 15 is 0 Å². The van der Waals surface area contributed by atoms with Crippen LogP contribution in [0.25, 0.3) is 27.9 Å². The molecule has 0 fully saturated rings. The fourth-order valence-electron chi connectivity index (χ4n) is 3.34. The number of esters is 1. The number of carbonyl (C=O) groups is 2. The Bertz CT molecular complexity index is 1330. The Hall–Kier alpha value is -4.14. The highest BCUT2D eigenvalue weighted by Gasteiger charge is 2.25. The summed E-state index contributed by atoms with van der Waals surface area (Å²) in [5.41, 5.74) is 14.4. The van der Waals surface area contributed by atoms with Gasteiger partial charge in [-0.25, -0.2) is 14.8 Å². The van der Waals surface area contributed by atoms with Crippen molar-refractivity contribution in [3.63, 3.8) is 0 Å². The molecule has 146 valence electrons. The number of anilines is 1. The number of aryl methyl sites for hydroxylation is 1. The lowest BCUT2D eigenvalue weighted by Gasteiger charge is -2.11. The van der Waals surface area contributed by atoms with Crippen molar-refractivity contribution in [1.82, 2.24) is 14.5 Å². The quantitative estimate of drug-likeness (QED) is 0.453. The van der Waals surface area contributed by atoms with Gasteiger partial charge in [0.15, 0.2) is 5.65 Å². The molecule has 1 amide bonds. The largest absolute Gasteiger partial charge is 0.508 e. The summed E-state index contributed by atoms with van der Waals surface area (Å²) in [4.78, 5) is 33.4. The van der Waals surface area contributed by atoms with Crippen molar-refractivity contribution in [2.45, 2.75) is 6.92 Å². The van der Waals surface area contributed by atoms with Crippen LogP contribution >= 0.6 is 0 Å². The van der Waals surface area contributed by atoms with Gasteiger partial charge < -0.3 is 21.3 Å². The molecule has 0 aliphatic heterocycles. The Morgan fingerprint density at radius 1 is 1.14 bits per heavy atom. The maximum atomic E-state index is 12.2. The van der Waals surface area contributed by atoms with Gasteiger partial charge in [-0.1, -0.05) is 12.1 Å². The highest BCUT2D eigenvalue weighted by atomic mass is 16.5. The Labute approximate surface area is 164 Å². The van der Waals surface area contributed by atoms with Crippen LogP contribution < -0.4 is 11.5 Å². The molecule has 9 heteroatoms. The van der Waals surface area contributed by atoms with Gasteiger partial charge in [0.1, 0.15) is 28.2 Å². The average Bonchev–Trinajstić information content (AvgIpc) is 2.97. The number of hydrogen-bond acceptors (Lipinski definition) is 7. The molecule has 4 aromatic rings. The summed E-state index contributed by atoms with van der Waals surface area (Å²) in [6.07, 6.45) is 0. The first-order chi connectivity index (χ1) is 13.8. The van der Waals surface area contributed by atoms with Crippen LogP contribution in [-0.4, -0.2) is 38.6 Å². The summed E-state index contributed by atoms with van der Waals surface area (Å²) in [5, 5.41) is 9.94. The predicted octanol–water partition coefficient (Wildman–Crippen LogP) is 2.06. The van der Waals surface area contributed by atoms with Crippen LogP contribution in [0, 0.1) is 6.92 Å². The standard InChI is InChI=1S/C20H17N5O4/c1-9-6-7-10(26)8-13(9)25-17(21)14(18(22)27)16-19(25)23-12-5-3-4-11(15(12)24-16)20(28)29-2/h3-8,26H,21H2,1-2H3,(H2,22,27). The minimum Gasteiger partial charge on any atom is -0.508 e. The SMILES string of the molecule is COC(=O)c1cccc2nc3c(nc12)c(C(N)=O)c(N)n3-c1cc(O)ccc1C. The number of methoxy groups -OCH3 is 1. The van der Waals surface area contributed by atoms with E-state index in [1.807, 2.05) is 6.92 Å². The van der Waals surface area contributed by atoms with Gasteiger partial charge in [0.2, 0.25) is 0 Å². The lowest BCUT2D eigenvalue weighted by Crippen LogP contribution is -2.14. The monoisotopic (exact) mass is 391 g/mol. The number of carbonyl (C=O) groups excluding carboxylic acids is 2. The molecule has 5 N–H and O–H groups in total. The van der Waals surface area contributed by atoms with E-state index in [0.717, 1.165) is 5.56 Å². The molecule has 0 aliphatic carbocycles. The van der Waals surface area contributed by atoms with Crippen LogP contribution in [0.3, 0.4) is 0 Å². The first kappa shape index (κ1) is 18.2. The van der Waals surface area contributed by atoms with Crippen LogP contribution in [0.1, 0.15) is 26.3 Å². The van der Waals surface area contributed by atoms with Crippen molar-refractivity contribution in [1.29, 1.82) is 0 Å². The number of fused-ring (bicyclic) bond motifs is 2. The zero-order valence-electron chi connectivity index (χ0n) is 15.6. The van der Waals surface area contributed by atoms with Crippen LogP contribution in [0.4, 0.5) is 5.82 Å². The number of phenols is 1. The molecule has 2 aromatic heterocycles. The minimum atomic E-state index is -0.784. The zero-order valence-corrected chi connectivity index (χ0v) is 15.6. The van der Waals surface area contributed by atoms with Gasteiger partial charge in [0.25, 0.3) is 5.91 Å². The van der Waals surface area contributed by atoms with Crippen LogP contribution in [0.2, 0.25) is 0 Å². The second-order valence-electron chi connectivity index (χ2n) is 6.49. The zero-order chi connectivity index (χ0) is 20.9. The summed E-state index contributed by atoms with van der Waals surface area (Å²) < 4.78 is 6.32. The molecule has 0 aliphatic rings. The van der Waals surface area contributed by atoms with Crippen molar-refractivity contribution in [2.75, 3.05) is 12.8 Å². The number of hydrogen-bond donors (Lipinski definition) is 3. The second-order valence-corrected chi connectivity index (χ2v) is 6.49. The maximum Gasteiger partial charge on any atom is 0.340 e. The highest BCUT2D eigenvalue weighted by molar-refractivity contribution is 6.12. The number of primary amides is 1. The van der Waals surface area contributed by atoms with E-state index in [2.05, 4.69) is 9.97 Å². The third kappa shape index (κ3) is 2.71. The van der Waals surface area contributed by atoms with Crippen LogP contribution in [0.5, 0.6) is 5.75 Å². The van der Waals surface area contributed by atoms with Gasteiger partial charge in [0, 0.05) is 6.07 Å². The van der Waals surface area contributed by atoms with Crippen molar-refractivity contribution in [3.05, 3.63) is 53.1 Å². The molecule has 4 rings (SSSR count). The van der Waals surface area contributed by atoms with Gasteiger partial charge in [-0.2, -0.15) is 0 Å². The van der Waals surface area contributed by atoms with Gasteiger partial charge in [-0.3, -0.25) is 9.36 Å². The maximum absolute atomic E-state index is 12.2. The Morgan fingerprint density at radius 2 is 1.90 bits per heavy atom. The first-order valence-corrected chi connectivity index (χ1v) is 8.62. The van der Waals surface area contributed by atoms with E-state index in [1.54, 1.807) is 30.3 Å². The summed E-state index contributed by atoms with van der Waals surface area (Å²) >= 11 is 0. The fraction of sp³-hybridized carbons (Fsp3) is 0.100. The van der Waals surface area contributed by atoms with E-state index in [0.29, 0.717) is 11.2 Å². The molecule has 2 aromatic carbocycles. The molecule has 0 bridgehead atoms. The third-order valence-electron chi connectivity index (χ3n) is 4.71. The number of nitrogens with zero attached hydrogens (tertiary/aromatic N) is 3. The van der Waals surface area contributed by atoms with Crippen molar-refractivity contribution in [3.8, 4) is 11.4 Å². The predicted molar refractivity (Wildman–Crippen MR) is 107 cm³/mol. The number of nitrogens with two attached hydrogens (primary N) is 2. The van der Waals surface area contributed by atoms with E-state index in [9.17, 15) is 14.7 Å². The fourth-order valence-corrected chi connectivity index (χ4v) is 3.34. The summed E-state index contributed by atoms with van der Waals surface area (Å²) in [6, 6.07) is 9.65. The lowest BCUT2D eigenvalue weighted by atomic mass is 10.1. The van der Waals surface area contributed by atoms with Gasteiger partial charge in [0.05, 0.1) is 23.9 Å². The Balaban J connectivity index is 2.18. The van der Waals surface area contributed by atoms with Gasteiger partial charge in [-0.05, 0) is 30.7 Å². The summed E-state index contributed by atoms with van der Waals surface area (Å²) in [6.45, 7) is 1.83. The second kappa shape index (κ2) is 6.48. The number of aromatic nitrogens is 3. The van der Waals surface area contributed by atoms with Crippen molar-refractivity contribution >= 4 is 39.9 Å². The highest BCUT2D eigenvalue weighted by Crippen LogP contribution is 2.33. The number of amides is 1. The normalized spacial score (nSPS) is 11.1. The van der Waals surface area contributed by atoms with Crippen molar-refractivity contribution < 1.29 is 19.4 Å². The molecule has 0 unspecified atom stereocenters. The molecular formula is C20H17N5O4. The van der Waals surface area contributed by atoms with Gasteiger partial charge >= 0.3 is 5.97 Å². The summed E-state index contributed by atoms with van der Waals surface area (Å²) in [5.74, 6) is -1.31. The smallest absolute Gasteiger partial charge is 0.340 e. The topological polar surface area (TPSA) is 146 Å². The first-order valence-electron chi connectivity index (χ1n) is 8.62. The molecular weight excluding hydrogens is 374 g/mol. The lowest BCUT2D eigenvalue weighted by molar-refractivity contribution is 0.0602. The molecule has 29 heavy (non-hydrogen) atoms. The molecule has 9 nitrogen and oxygen atoms in total. The Morgan fingerprint density at radius 3 is 2.59 bits per heavy atom. The van der Waals surface area contributed by atoms with Gasteiger partial charge in [-0.15, -0.1) is 0 Å². The number of rotatable bonds is 3. The molecule has 0 radical (unpaired) electrons. The summed E-state index contributed by atoms with van der Waals surface area (Å²) in [7, 11) is 1.26. The van der Waals surface area contributed by atoms with E-state index < -0.39 is 11.9 Å².